The van der Waals surface area contributed by atoms with Gasteiger partial charge >= 0.3 is 0 Å². The Bertz CT molecular complexity index is 1080. The van der Waals surface area contributed by atoms with Crippen molar-refractivity contribution >= 4 is 34.4 Å². The van der Waals surface area contributed by atoms with Crippen LogP contribution >= 0.6 is 11.6 Å². The van der Waals surface area contributed by atoms with Crippen LogP contribution in [0.5, 0.6) is 0 Å². The number of H-pyrrole nitrogens is 1. The average molecular weight is 421 g/mol. The lowest BCUT2D eigenvalue weighted by atomic mass is 9.97. The number of halogens is 2. The van der Waals surface area contributed by atoms with E-state index in [1.165, 1.54) is 0 Å². The molecule has 3 aromatic rings. The number of hydrogen-bond donors (Lipinski definition) is 2. The van der Waals surface area contributed by atoms with Gasteiger partial charge in [0.05, 0.1) is 11.2 Å². The van der Waals surface area contributed by atoms with Crippen LogP contribution in [0.25, 0.3) is 22.4 Å². The van der Waals surface area contributed by atoms with E-state index in [0.717, 1.165) is 24.4 Å². The van der Waals surface area contributed by atoms with E-state index in [2.05, 4.69) is 25.3 Å². The standard InChI is InChI=1S/C20H22ClFN6O.2H2/c1-3-6-23-19(29)20(2)5-4-7-28(20)18-15(22)11-26-17(27-18)14-10-25-16-13(14)8-12(21)9-24-16;;/h8-11H,3-7H2,1-2H3,(H,23,29)(H,24,25);2*1H/t20-;;/m1../s1. The van der Waals surface area contributed by atoms with Gasteiger partial charge in [0.15, 0.2) is 17.5 Å². The first-order chi connectivity index (χ1) is 13.9. The van der Waals surface area contributed by atoms with Gasteiger partial charge in [-0.25, -0.2) is 19.3 Å². The minimum absolute atomic E-state index is 0. The molecule has 1 atom stereocenters. The number of fused-ring (bicyclic) bond motifs is 1. The van der Waals surface area contributed by atoms with Gasteiger partial charge in [-0.2, -0.15) is 0 Å². The van der Waals surface area contributed by atoms with Gasteiger partial charge in [-0.15, -0.1) is 0 Å². The van der Waals surface area contributed by atoms with E-state index in [4.69, 9.17) is 11.6 Å². The fourth-order valence-electron chi connectivity index (χ4n) is 3.81. The lowest BCUT2D eigenvalue weighted by Crippen LogP contribution is -2.54. The minimum atomic E-state index is -0.854. The molecule has 0 aromatic carbocycles. The summed E-state index contributed by atoms with van der Waals surface area (Å²) in [6.07, 6.45) is 6.67. The molecule has 4 heterocycles. The summed E-state index contributed by atoms with van der Waals surface area (Å²) >= 11 is 6.08. The normalized spacial score (nSPS) is 19.1. The Morgan fingerprint density at radius 2 is 2.28 bits per heavy atom. The van der Waals surface area contributed by atoms with Gasteiger partial charge in [-0.05, 0) is 32.3 Å². The summed E-state index contributed by atoms with van der Waals surface area (Å²) in [6.45, 7) is 4.96. The molecular weight excluding hydrogens is 395 g/mol. The van der Waals surface area contributed by atoms with Crippen molar-refractivity contribution in [1.82, 2.24) is 25.3 Å². The third-order valence-electron chi connectivity index (χ3n) is 5.39. The average Bonchev–Trinajstić information content (AvgIpc) is 3.30. The molecule has 2 N–H and O–H groups in total. The molecule has 1 amide bonds. The molecule has 29 heavy (non-hydrogen) atoms. The van der Waals surface area contributed by atoms with Crippen LogP contribution in [-0.2, 0) is 4.79 Å². The largest absolute Gasteiger partial charge is 0.354 e. The first-order valence-electron chi connectivity index (χ1n) is 9.65. The van der Waals surface area contributed by atoms with Crippen LogP contribution in [0.1, 0.15) is 36.0 Å². The quantitative estimate of drug-likeness (QED) is 0.646. The smallest absolute Gasteiger partial charge is 0.245 e. The molecule has 0 unspecified atom stereocenters. The van der Waals surface area contributed by atoms with E-state index in [-0.39, 0.29) is 14.6 Å². The molecule has 1 saturated heterocycles. The summed E-state index contributed by atoms with van der Waals surface area (Å²) in [7, 11) is 0. The maximum atomic E-state index is 14.8. The topological polar surface area (TPSA) is 86.8 Å². The second-order valence-electron chi connectivity index (χ2n) is 7.40. The van der Waals surface area contributed by atoms with Crippen LogP contribution in [0.15, 0.2) is 24.7 Å². The second kappa shape index (κ2) is 7.59. The summed E-state index contributed by atoms with van der Waals surface area (Å²) in [5.74, 6) is -0.188. The van der Waals surface area contributed by atoms with Crippen molar-refractivity contribution in [3.05, 3.63) is 35.5 Å². The maximum Gasteiger partial charge on any atom is 0.245 e. The number of pyridine rings is 1. The van der Waals surface area contributed by atoms with Crippen molar-refractivity contribution in [2.45, 2.75) is 38.6 Å². The SMILES string of the molecule is CCCNC(=O)[C@@]1(C)CCCN1c1nc(-c2c[nH]c3ncc(Cl)cc23)ncc1F.[HH].[HH]. The van der Waals surface area contributed by atoms with Crippen LogP contribution < -0.4 is 10.2 Å². The summed E-state index contributed by atoms with van der Waals surface area (Å²) in [6, 6.07) is 1.76. The molecule has 7 nitrogen and oxygen atoms in total. The molecule has 156 valence electrons. The Kier molecular flexibility index (Phi) is 5.12. The van der Waals surface area contributed by atoms with Crippen molar-refractivity contribution in [3.63, 3.8) is 0 Å². The summed E-state index contributed by atoms with van der Waals surface area (Å²) < 4.78 is 14.8. The molecule has 1 aliphatic heterocycles. The lowest BCUT2D eigenvalue weighted by molar-refractivity contribution is -0.125. The Morgan fingerprint density at radius 1 is 1.45 bits per heavy atom. The van der Waals surface area contributed by atoms with Gasteiger partial charge in [0.2, 0.25) is 5.91 Å². The van der Waals surface area contributed by atoms with Gasteiger partial charge in [-0.1, -0.05) is 18.5 Å². The molecule has 0 spiro atoms. The number of amides is 1. The van der Waals surface area contributed by atoms with Crippen molar-refractivity contribution in [2.24, 2.45) is 0 Å². The highest BCUT2D eigenvalue weighted by molar-refractivity contribution is 6.31. The van der Waals surface area contributed by atoms with E-state index in [1.54, 1.807) is 23.4 Å². The number of aromatic amines is 1. The highest BCUT2D eigenvalue weighted by Gasteiger charge is 2.44. The highest BCUT2D eigenvalue weighted by atomic mass is 35.5. The number of hydrogen-bond acceptors (Lipinski definition) is 5. The van der Waals surface area contributed by atoms with E-state index >= 15 is 0 Å². The molecule has 4 rings (SSSR count). The van der Waals surface area contributed by atoms with Gasteiger partial charge in [0, 0.05) is 39.3 Å². The monoisotopic (exact) mass is 420 g/mol. The summed E-state index contributed by atoms with van der Waals surface area (Å²) in [5, 5.41) is 4.17. The van der Waals surface area contributed by atoms with Gasteiger partial charge in [0.25, 0.3) is 0 Å². The number of rotatable bonds is 5. The third kappa shape index (κ3) is 3.42. The molecule has 0 radical (unpaired) electrons. The van der Waals surface area contributed by atoms with Gasteiger partial charge in [0.1, 0.15) is 11.2 Å². The van der Waals surface area contributed by atoms with E-state index in [9.17, 15) is 9.18 Å². The molecule has 1 aliphatic rings. The Labute approximate surface area is 175 Å². The Hall–Kier alpha value is -2.74. The van der Waals surface area contributed by atoms with Crippen LogP contribution in [0, 0.1) is 5.82 Å². The molecule has 0 bridgehead atoms. The predicted molar refractivity (Wildman–Crippen MR) is 115 cm³/mol. The Morgan fingerprint density at radius 3 is 3.07 bits per heavy atom. The highest BCUT2D eigenvalue weighted by Crippen LogP contribution is 2.36. The number of anilines is 1. The van der Waals surface area contributed by atoms with E-state index in [0.29, 0.717) is 41.6 Å². The van der Waals surface area contributed by atoms with Crippen molar-refractivity contribution < 1.29 is 12.0 Å². The number of carbonyl (C=O) groups is 1. The van der Waals surface area contributed by atoms with Crippen LogP contribution in [0.2, 0.25) is 5.02 Å². The lowest BCUT2D eigenvalue weighted by Gasteiger charge is -2.35. The van der Waals surface area contributed by atoms with E-state index in [1.807, 2.05) is 13.8 Å². The van der Waals surface area contributed by atoms with Crippen molar-refractivity contribution in [1.29, 1.82) is 0 Å². The number of aromatic nitrogens is 4. The summed E-state index contributed by atoms with van der Waals surface area (Å²) in [5.41, 5.74) is 0.462. The van der Waals surface area contributed by atoms with Gasteiger partial charge in [-0.3, -0.25) is 4.79 Å². The zero-order chi connectivity index (χ0) is 20.6. The zero-order valence-electron chi connectivity index (χ0n) is 16.3. The molecule has 0 aliphatic carbocycles. The number of nitrogens with zero attached hydrogens (tertiary/aromatic N) is 4. The van der Waals surface area contributed by atoms with Crippen LogP contribution in [0.3, 0.4) is 0 Å². The molecular formula is C20H26ClFN6O. The molecule has 9 heteroatoms. The fourth-order valence-corrected chi connectivity index (χ4v) is 3.97. The van der Waals surface area contributed by atoms with Crippen molar-refractivity contribution in [2.75, 3.05) is 18.0 Å². The maximum absolute atomic E-state index is 14.8. The third-order valence-corrected chi connectivity index (χ3v) is 5.59. The van der Waals surface area contributed by atoms with E-state index < -0.39 is 11.4 Å². The summed E-state index contributed by atoms with van der Waals surface area (Å²) in [4.78, 5) is 30.5. The molecule has 0 saturated carbocycles. The Balaban J connectivity index is 0.00000171. The zero-order valence-corrected chi connectivity index (χ0v) is 17.1. The number of carbonyl (C=O) groups excluding carboxylic acids is 1. The van der Waals surface area contributed by atoms with Gasteiger partial charge < -0.3 is 15.2 Å². The fraction of sp³-hybridized carbons (Fsp3) is 0.400. The van der Waals surface area contributed by atoms with Crippen LogP contribution in [0.4, 0.5) is 10.2 Å². The van der Waals surface area contributed by atoms with Crippen molar-refractivity contribution in [3.8, 4) is 11.4 Å². The van der Waals surface area contributed by atoms with Crippen LogP contribution in [-0.4, -0.2) is 44.5 Å². The molecule has 1 fully saturated rings. The first-order valence-corrected chi connectivity index (χ1v) is 10.0. The second-order valence-corrected chi connectivity index (χ2v) is 7.84. The molecule has 3 aromatic heterocycles. The first kappa shape index (κ1) is 19.6. The minimum Gasteiger partial charge on any atom is -0.354 e. The number of nitrogens with one attached hydrogen (secondary N) is 2. The predicted octanol–water partition coefficient (Wildman–Crippen LogP) is 4.19.